The molecular formula is C55H73N7O10. The normalized spacial score (nSPS) is 29.9. The predicted molar refractivity (Wildman–Crippen MR) is 273 cm³/mol. The van der Waals surface area contributed by atoms with Crippen molar-refractivity contribution in [2.75, 3.05) is 50.5 Å². The molecule has 8 atom stereocenters. The number of aliphatic hydroxyl groups excluding tert-OH is 1. The minimum absolute atomic E-state index is 0.0189. The summed E-state index contributed by atoms with van der Waals surface area (Å²) in [6, 6.07) is 3.99. The number of aromatic nitrogens is 1. The number of ether oxygens (including phenoxy) is 4. The molecule has 1 spiro atoms. The highest BCUT2D eigenvalue weighted by Crippen LogP contribution is 2.50. The van der Waals surface area contributed by atoms with E-state index in [1.165, 1.54) is 20.3 Å². The Morgan fingerprint density at radius 1 is 0.986 bits per heavy atom. The van der Waals surface area contributed by atoms with Crippen molar-refractivity contribution in [3.63, 3.8) is 0 Å². The van der Waals surface area contributed by atoms with Gasteiger partial charge < -0.3 is 54.7 Å². The molecule has 2 amide bonds. The first-order valence-corrected chi connectivity index (χ1v) is 25.6. The highest BCUT2D eigenvalue weighted by atomic mass is 16.7. The van der Waals surface area contributed by atoms with E-state index in [0.717, 1.165) is 12.2 Å². The Morgan fingerprint density at radius 2 is 1.69 bits per heavy atom. The van der Waals surface area contributed by atoms with Gasteiger partial charge in [-0.25, -0.2) is 4.79 Å². The molecule has 1 aromatic heterocycles. The number of phenolic OH excluding ortho intramolecular Hbond substituents is 2. The van der Waals surface area contributed by atoms with Gasteiger partial charge in [-0.15, -0.1) is 0 Å². The van der Waals surface area contributed by atoms with Crippen molar-refractivity contribution < 1.29 is 48.7 Å². The molecule has 388 valence electrons. The Balaban J connectivity index is 1.16. The fraction of sp³-hybridized carbons (Fsp3) is 0.564. The molecule has 5 bridgehead atoms. The molecule has 3 aromatic rings. The van der Waals surface area contributed by atoms with Crippen LogP contribution in [0.4, 0.5) is 16.2 Å². The quantitative estimate of drug-likeness (QED) is 0.153. The number of amides is 2. The summed E-state index contributed by atoms with van der Waals surface area (Å²) in [5.41, 5.74) is 0.503. The maximum Gasteiger partial charge on any atom is 0.410 e. The highest BCUT2D eigenvalue weighted by Gasteiger charge is 2.50. The van der Waals surface area contributed by atoms with Gasteiger partial charge >= 0.3 is 11.9 Å². The molecule has 2 saturated heterocycles. The van der Waals surface area contributed by atoms with E-state index < -0.39 is 65.1 Å². The van der Waals surface area contributed by atoms with Crippen molar-refractivity contribution in [1.82, 2.24) is 14.8 Å². The second-order valence-electron chi connectivity index (χ2n) is 21.4. The Kier molecular flexibility index (Phi) is 15.4. The van der Waals surface area contributed by atoms with E-state index in [2.05, 4.69) is 34.4 Å². The first kappa shape index (κ1) is 52.3. The van der Waals surface area contributed by atoms with Crippen molar-refractivity contribution in [2.24, 2.45) is 39.6 Å². The molecule has 0 radical (unpaired) electrons. The number of pyridine rings is 1. The number of ketones is 1. The second kappa shape index (κ2) is 21.2. The summed E-state index contributed by atoms with van der Waals surface area (Å²) in [6.45, 7) is 20.1. The van der Waals surface area contributed by atoms with Gasteiger partial charge in [-0.2, -0.15) is 0 Å². The molecule has 0 aliphatic carbocycles. The van der Waals surface area contributed by atoms with E-state index >= 15 is 0 Å². The monoisotopic (exact) mass is 992 g/mol. The van der Waals surface area contributed by atoms with Gasteiger partial charge in [-0.05, 0) is 69.1 Å². The highest BCUT2D eigenvalue weighted by molar-refractivity contribution is 6.19. The number of anilines is 2. The number of carbonyl (C=O) groups is 3. The second-order valence-corrected chi connectivity index (χ2v) is 21.4. The van der Waals surface area contributed by atoms with Crippen molar-refractivity contribution >= 4 is 39.9 Å². The van der Waals surface area contributed by atoms with Gasteiger partial charge in [0.25, 0.3) is 11.7 Å². The summed E-state index contributed by atoms with van der Waals surface area (Å²) < 4.78 is 25.1. The summed E-state index contributed by atoms with van der Waals surface area (Å²) in [4.78, 5) is 61.8. The summed E-state index contributed by atoms with van der Waals surface area (Å²) in [7, 11) is 1.53. The third kappa shape index (κ3) is 10.4. The van der Waals surface area contributed by atoms with Gasteiger partial charge in [0.1, 0.15) is 28.6 Å². The van der Waals surface area contributed by atoms with Gasteiger partial charge in [-0.1, -0.05) is 59.8 Å². The number of Topliss-reactive ketones (excluding diaryl/α,β-unsaturated/α-hetero) is 1. The number of hydrogen-bond acceptors (Lipinski definition) is 15. The lowest BCUT2D eigenvalue weighted by Gasteiger charge is -2.39. The summed E-state index contributed by atoms with van der Waals surface area (Å²) in [6.07, 6.45) is 12.0. The van der Waals surface area contributed by atoms with Gasteiger partial charge in [0.05, 0.1) is 40.5 Å². The van der Waals surface area contributed by atoms with Gasteiger partial charge in [0.2, 0.25) is 0 Å². The molecular weight excluding hydrogens is 919 g/mol. The standard InChI is InChI=1S/C55H73N7O10/c1-30(2)29-61-24-19-55(20-25-61)59-43-40-41-47(64)36(8)50-42(40)51(66)54(9,72-50)70-26-18-39(69-10)34(6)49(71-53(68)62-22-16-37(17-23-62)57-38-15-12-21-56-28-38)35(7)46(63)33(5)27-31(3)13-11-14-32(4)52(67)58-45(48(41)65)44(43)60-55/h11-15,18,21,26,28,30-31,33-35,37,39,46,49,57,63-65H,16-17,19-20,22-25,27,29H2,1-10H3,(H,58,67)/b13-11+,26-18+,32-14-/t31?,33-,34-,35-,39+,46?,49?,54?/m1/s1. The molecule has 2 aromatic carbocycles. The number of hydrogen-bond donors (Lipinski definition) is 5. The predicted octanol–water partition coefficient (Wildman–Crippen LogP) is 7.32. The Bertz CT molecular complexity index is 2760. The molecule has 7 heterocycles. The first-order chi connectivity index (χ1) is 34.2. The van der Waals surface area contributed by atoms with Crippen LogP contribution in [0.3, 0.4) is 0 Å². The maximum atomic E-state index is 15.0. The van der Waals surface area contributed by atoms with Gasteiger partial charge in [-0.3, -0.25) is 24.6 Å². The van der Waals surface area contributed by atoms with E-state index in [4.69, 9.17) is 28.9 Å². The summed E-state index contributed by atoms with van der Waals surface area (Å²) in [5.74, 6) is -4.72. The molecule has 17 heteroatoms. The molecule has 2 fully saturated rings. The number of nitrogens with one attached hydrogen (secondary N) is 2. The lowest BCUT2D eigenvalue weighted by molar-refractivity contribution is -0.112. The summed E-state index contributed by atoms with van der Waals surface area (Å²) >= 11 is 0. The van der Waals surface area contributed by atoms with E-state index in [1.54, 1.807) is 49.4 Å². The smallest absolute Gasteiger partial charge is 0.410 e. The van der Waals surface area contributed by atoms with Crippen LogP contribution in [0.1, 0.15) is 103 Å². The Hall–Kier alpha value is -6.04. The van der Waals surface area contributed by atoms with E-state index in [-0.39, 0.29) is 67.7 Å². The number of methoxy groups -OCH3 is 1. The third-order valence-electron chi connectivity index (χ3n) is 15.3. The molecule has 4 unspecified atom stereocenters. The van der Waals surface area contributed by atoms with Crippen LogP contribution in [0.5, 0.6) is 17.2 Å². The number of allylic oxidation sites excluding steroid dienone is 3. The minimum Gasteiger partial charge on any atom is -0.507 e. The number of nitrogens with zero attached hydrogens (tertiary/aromatic N) is 5. The maximum absolute atomic E-state index is 15.0. The lowest BCUT2D eigenvalue weighted by Crippen LogP contribution is -2.48. The molecule has 72 heavy (non-hydrogen) atoms. The Morgan fingerprint density at radius 3 is 2.36 bits per heavy atom. The lowest BCUT2D eigenvalue weighted by atomic mass is 9.79. The SMILES string of the molecule is CO[C@H]1/C=C/OC2(C)Oc3c(C)c(O)c4c(O)c(c5c(c4c3C2=O)=NC2(CCN(CC(C)C)CC2)N=5)NC(=O)/C(C)=C\C=C\C(C)C[C@@H](C)C(O)[C@@H](C)C(OC(=O)N2CCC(Nc3cccnc3)CC2)[C@@H]1C. The van der Waals surface area contributed by atoms with Crippen LogP contribution in [0.25, 0.3) is 10.8 Å². The van der Waals surface area contributed by atoms with Crippen molar-refractivity contribution in [3.05, 3.63) is 82.5 Å². The molecule has 6 aliphatic heterocycles. The zero-order chi connectivity index (χ0) is 51.8. The van der Waals surface area contributed by atoms with Crippen LogP contribution in [-0.2, 0) is 19.0 Å². The molecule has 5 N–H and O–H groups in total. The van der Waals surface area contributed by atoms with Crippen LogP contribution < -0.4 is 26.1 Å². The number of rotatable bonds is 6. The van der Waals surface area contributed by atoms with Gasteiger partial charge in [0, 0.05) is 106 Å². The third-order valence-corrected chi connectivity index (χ3v) is 15.3. The number of phenols is 2. The minimum atomic E-state index is -1.96. The molecule has 6 aliphatic rings. The largest absolute Gasteiger partial charge is 0.507 e. The van der Waals surface area contributed by atoms with Crippen LogP contribution in [0.2, 0.25) is 0 Å². The number of piperidine rings is 2. The van der Waals surface area contributed by atoms with Crippen molar-refractivity contribution in [2.45, 2.75) is 130 Å². The number of benzene rings is 2. The number of likely N-dealkylation sites (tertiary alicyclic amines) is 2. The van der Waals surface area contributed by atoms with E-state index in [0.29, 0.717) is 69.8 Å². The molecule has 9 rings (SSSR count). The Labute approximate surface area is 422 Å². The first-order valence-electron chi connectivity index (χ1n) is 25.6. The average molecular weight is 992 g/mol. The van der Waals surface area contributed by atoms with E-state index in [9.17, 15) is 29.7 Å². The topological polar surface area (TPSA) is 217 Å². The fourth-order valence-electron chi connectivity index (χ4n) is 11.2. The average Bonchev–Trinajstić information content (AvgIpc) is 3.85. The zero-order valence-electron chi connectivity index (χ0n) is 43.4. The number of aliphatic hydroxyl groups is 1. The number of aromatic hydroxyl groups is 2. The molecule has 0 saturated carbocycles. The van der Waals surface area contributed by atoms with Crippen LogP contribution in [-0.4, -0.2) is 124 Å². The number of fused-ring (bicyclic) bond motifs is 13. The molecule has 17 nitrogen and oxygen atoms in total. The van der Waals surface area contributed by atoms with Crippen LogP contribution in [0, 0.1) is 36.5 Å². The van der Waals surface area contributed by atoms with Crippen molar-refractivity contribution in [1.29, 1.82) is 0 Å². The van der Waals surface area contributed by atoms with Gasteiger partial charge in [0.15, 0.2) is 11.4 Å². The van der Waals surface area contributed by atoms with E-state index in [1.807, 2.05) is 45.9 Å². The number of carbonyl (C=O) groups excluding carboxylic acids is 3. The van der Waals surface area contributed by atoms with Crippen LogP contribution >= 0.6 is 0 Å². The fourth-order valence-corrected chi connectivity index (χ4v) is 11.2. The van der Waals surface area contributed by atoms with Crippen LogP contribution in [0.15, 0.2) is 70.7 Å². The summed E-state index contributed by atoms with van der Waals surface area (Å²) in [5, 5.41) is 43.2. The van der Waals surface area contributed by atoms with Crippen molar-refractivity contribution in [3.8, 4) is 17.2 Å². The zero-order valence-corrected chi connectivity index (χ0v) is 43.4.